The Kier molecular flexibility index (Phi) is 6.10. The number of primary amides is 1. The lowest BCUT2D eigenvalue weighted by atomic mass is 10.0. The fraction of sp³-hybridized carbons (Fsp3) is 0.421. The number of hydrogen-bond acceptors (Lipinski definition) is 7. The van der Waals surface area contributed by atoms with Gasteiger partial charge < -0.3 is 15.2 Å². The highest BCUT2D eigenvalue weighted by Crippen LogP contribution is 2.33. The molecule has 5 amide bonds. The van der Waals surface area contributed by atoms with Gasteiger partial charge in [0.15, 0.2) is 0 Å². The minimum absolute atomic E-state index is 0.0621. The lowest BCUT2D eigenvalue weighted by Gasteiger charge is -2.27. The molecule has 29 heavy (non-hydrogen) atoms. The Labute approximate surface area is 166 Å². The number of carbonyl (C=O) groups excluding carboxylic acids is 5. The fourth-order valence-electron chi connectivity index (χ4n) is 3.34. The monoisotopic (exact) mass is 403 g/mol. The number of fused-ring (bicyclic) bond motifs is 1. The first-order valence-electron chi connectivity index (χ1n) is 9.29. The Morgan fingerprint density at radius 1 is 1.10 bits per heavy atom. The summed E-state index contributed by atoms with van der Waals surface area (Å²) in [6, 6.07) is 3.69. The topological polar surface area (TPSA) is 145 Å². The molecule has 0 spiro atoms. The lowest BCUT2D eigenvalue weighted by Crippen LogP contribution is -2.54. The molecular formula is C19H21N3O7. The molecular weight excluding hydrogens is 382 g/mol. The number of imide groups is 2. The summed E-state index contributed by atoms with van der Waals surface area (Å²) in [5.41, 5.74) is 5.17. The number of unbranched alkanes of at least 4 members (excludes halogenated alkanes) is 2. The highest BCUT2D eigenvalue weighted by Gasteiger charge is 2.45. The summed E-state index contributed by atoms with van der Waals surface area (Å²) in [6.07, 6.45) is 1.33. The van der Waals surface area contributed by atoms with Crippen molar-refractivity contribution in [3.8, 4) is 5.75 Å². The van der Waals surface area contributed by atoms with Gasteiger partial charge in [-0.05, 0) is 37.8 Å². The van der Waals surface area contributed by atoms with Crippen LogP contribution < -0.4 is 15.8 Å². The molecule has 0 saturated carbocycles. The first-order chi connectivity index (χ1) is 13.9. The summed E-state index contributed by atoms with van der Waals surface area (Å²) in [6.45, 7) is 0.525. The van der Waals surface area contributed by atoms with E-state index in [1.165, 1.54) is 6.07 Å². The molecule has 0 aliphatic carbocycles. The second-order valence-corrected chi connectivity index (χ2v) is 6.70. The van der Waals surface area contributed by atoms with E-state index in [0.29, 0.717) is 19.4 Å². The molecule has 10 heteroatoms. The van der Waals surface area contributed by atoms with E-state index in [1.54, 1.807) is 12.1 Å². The zero-order valence-corrected chi connectivity index (χ0v) is 15.6. The van der Waals surface area contributed by atoms with Crippen molar-refractivity contribution in [3.63, 3.8) is 0 Å². The van der Waals surface area contributed by atoms with Crippen molar-refractivity contribution in [3.05, 3.63) is 29.3 Å². The highest BCUT2D eigenvalue weighted by molar-refractivity contribution is 6.24. The van der Waals surface area contributed by atoms with E-state index in [0.717, 1.165) is 11.3 Å². The van der Waals surface area contributed by atoms with E-state index in [9.17, 15) is 24.0 Å². The van der Waals surface area contributed by atoms with Gasteiger partial charge in [0.05, 0.1) is 24.3 Å². The maximum Gasteiger partial charge on any atom is 0.404 e. The molecule has 0 aromatic heterocycles. The van der Waals surface area contributed by atoms with E-state index in [1.807, 2.05) is 0 Å². The third-order valence-electron chi connectivity index (χ3n) is 4.72. The summed E-state index contributed by atoms with van der Waals surface area (Å²) >= 11 is 0. The number of hydrogen-bond donors (Lipinski definition) is 2. The minimum Gasteiger partial charge on any atom is -0.493 e. The second-order valence-electron chi connectivity index (χ2n) is 6.70. The number of nitrogens with two attached hydrogens (primary N) is 1. The van der Waals surface area contributed by atoms with Crippen LogP contribution in [0.25, 0.3) is 0 Å². The van der Waals surface area contributed by atoms with Crippen LogP contribution in [0.15, 0.2) is 18.2 Å². The third kappa shape index (κ3) is 4.36. The summed E-state index contributed by atoms with van der Waals surface area (Å²) < 4.78 is 10.3. The van der Waals surface area contributed by atoms with Crippen LogP contribution in [0.1, 0.15) is 52.8 Å². The molecule has 2 aliphatic rings. The minimum atomic E-state index is -1.02. The smallest absolute Gasteiger partial charge is 0.404 e. The number of carbonyl (C=O) groups is 5. The van der Waals surface area contributed by atoms with Crippen molar-refractivity contribution in [2.45, 2.75) is 38.1 Å². The van der Waals surface area contributed by atoms with E-state index < -0.39 is 35.8 Å². The van der Waals surface area contributed by atoms with Crippen LogP contribution in [0.5, 0.6) is 5.75 Å². The summed E-state index contributed by atoms with van der Waals surface area (Å²) in [4.78, 5) is 60.5. The average molecular weight is 403 g/mol. The Balaban J connectivity index is 1.63. The van der Waals surface area contributed by atoms with Crippen LogP contribution in [-0.2, 0) is 14.3 Å². The van der Waals surface area contributed by atoms with Gasteiger partial charge in [0, 0.05) is 6.42 Å². The van der Waals surface area contributed by atoms with Gasteiger partial charge in [-0.1, -0.05) is 6.07 Å². The quantitative estimate of drug-likeness (QED) is 0.481. The van der Waals surface area contributed by atoms with Crippen LogP contribution in [0.4, 0.5) is 4.79 Å². The normalized spacial score (nSPS) is 18.5. The average Bonchev–Trinajstić information content (AvgIpc) is 2.92. The number of amides is 5. The molecule has 1 fully saturated rings. The molecule has 0 radical (unpaired) electrons. The molecule has 10 nitrogen and oxygen atoms in total. The van der Waals surface area contributed by atoms with Crippen molar-refractivity contribution in [2.24, 2.45) is 5.73 Å². The van der Waals surface area contributed by atoms with Gasteiger partial charge in [-0.3, -0.25) is 29.4 Å². The molecule has 1 saturated heterocycles. The van der Waals surface area contributed by atoms with Gasteiger partial charge in [-0.25, -0.2) is 4.79 Å². The maximum absolute atomic E-state index is 12.9. The number of ether oxygens (including phenoxy) is 2. The molecule has 2 heterocycles. The predicted molar refractivity (Wildman–Crippen MR) is 98.0 cm³/mol. The van der Waals surface area contributed by atoms with E-state index >= 15 is 0 Å². The standard InChI is InChI=1S/C19H21N3O7/c20-19(27)29-10-3-1-2-9-28-13-6-4-5-11-15(13)18(26)22(17(11)25)12-7-8-14(23)21-16(12)24/h4-6,12H,1-3,7-10H2,(H2,20,27)(H,21,23,24). The van der Waals surface area contributed by atoms with Crippen molar-refractivity contribution in [2.75, 3.05) is 13.2 Å². The molecule has 1 aromatic carbocycles. The summed E-state index contributed by atoms with van der Waals surface area (Å²) in [7, 11) is 0. The predicted octanol–water partition coefficient (Wildman–Crippen LogP) is 0.732. The Bertz CT molecular complexity index is 867. The first-order valence-corrected chi connectivity index (χ1v) is 9.29. The molecule has 154 valence electrons. The van der Waals surface area contributed by atoms with Crippen LogP contribution >= 0.6 is 0 Å². The van der Waals surface area contributed by atoms with Gasteiger partial charge in [0.2, 0.25) is 11.8 Å². The van der Waals surface area contributed by atoms with E-state index in [4.69, 9.17) is 10.5 Å². The van der Waals surface area contributed by atoms with Crippen molar-refractivity contribution in [1.82, 2.24) is 10.2 Å². The fourth-order valence-corrected chi connectivity index (χ4v) is 3.34. The van der Waals surface area contributed by atoms with Gasteiger partial charge in [-0.15, -0.1) is 0 Å². The third-order valence-corrected chi connectivity index (χ3v) is 4.72. The molecule has 2 aliphatic heterocycles. The number of benzene rings is 1. The second kappa shape index (κ2) is 8.72. The van der Waals surface area contributed by atoms with Crippen LogP contribution in [0.3, 0.4) is 0 Å². The SMILES string of the molecule is NC(=O)OCCCCCOc1cccc2c1C(=O)N(C1CCC(=O)NC1=O)C2=O. The Hall–Kier alpha value is -3.43. The van der Waals surface area contributed by atoms with Gasteiger partial charge in [0.1, 0.15) is 11.8 Å². The van der Waals surface area contributed by atoms with Crippen molar-refractivity contribution < 1.29 is 33.4 Å². The zero-order chi connectivity index (χ0) is 21.0. The van der Waals surface area contributed by atoms with Crippen molar-refractivity contribution >= 4 is 29.7 Å². The molecule has 0 bridgehead atoms. The molecule has 1 atom stereocenters. The van der Waals surface area contributed by atoms with Gasteiger partial charge >= 0.3 is 6.09 Å². The highest BCUT2D eigenvalue weighted by atomic mass is 16.5. The Morgan fingerprint density at radius 3 is 2.59 bits per heavy atom. The van der Waals surface area contributed by atoms with Gasteiger partial charge in [0.25, 0.3) is 11.8 Å². The number of piperidine rings is 1. The molecule has 3 N–H and O–H groups in total. The van der Waals surface area contributed by atoms with E-state index in [2.05, 4.69) is 10.1 Å². The van der Waals surface area contributed by atoms with Crippen molar-refractivity contribution in [1.29, 1.82) is 0 Å². The zero-order valence-electron chi connectivity index (χ0n) is 15.6. The number of nitrogens with one attached hydrogen (secondary N) is 1. The number of rotatable bonds is 8. The van der Waals surface area contributed by atoms with Crippen LogP contribution in [0, 0.1) is 0 Å². The molecule has 1 unspecified atom stereocenters. The summed E-state index contributed by atoms with van der Waals surface area (Å²) in [5, 5.41) is 2.16. The maximum atomic E-state index is 12.9. The van der Waals surface area contributed by atoms with Crippen LogP contribution in [0.2, 0.25) is 0 Å². The number of nitrogens with zero attached hydrogens (tertiary/aromatic N) is 1. The lowest BCUT2D eigenvalue weighted by molar-refractivity contribution is -0.136. The summed E-state index contributed by atoms with van der Waals surface area (Å²) in [5.74, 6) is -1.99. The molecule has 3 rings (SSSR count). The first kappa shape index (κ1) is 20.3. The molecule has 1 aromatic rings. The van der Waals surface area contributed by atoms with Crippen LogP contribution in [-0.4, -0.2) is 53.9 Å². The van der Waals surface area contributed by atoms with E-state index in [-0.39, 0.29) is 36.3 Å². The Morgan fingerprint density at radius 2 is 1.86 bits per heavy atom. The van der Waals surface area contributed by atoms with Gasteiger partial charge in [-0.2, -0.15) is 0 Å². The largest absolute Gasteiger partial charge is 0.493 e.